The molecule has 5 saturated carbocycles. The lowest BCUT2D eigenvalue weighted by Gasteiger charge is -2.61. The van der Waals surface area contributed by atoms with Gasteiger partial charge >= 0.3 is 0 Å². The number of amides is 1. The van der Waals surface area contributed by atoms with Gasteiger partial charge in [0.15, 0.2) is 0 Å². The van der Waals surface area contributed by atoms with E-state index >= 15 is 0 Å². The van der Waals surface area contributed by atoms with E-state index in [1.807, 2.05) is 0 Å². The molecule has 5 aliphatic rings. The molecule has 0 aliphatic heterocycles. The van der Waals surface area contributed by atoms with Crippen molar-refractivity contribution in [1.82, 2.24) is 5.32 Å². The van der Waals surface area contributed by atoms with E-state index in [1.165, 1.54) is 19.3 Å². The fourth-order valence-electron chi connectivity index (χ4n) is 6.44. The average Bonchev–Trinajstić information content (AvgIpc) is 2.35. The highest BCUT2D eigenvalue weighted by Crippen LogP contribution is 2.65. The molecule has 5 fully saturated rings. The highest BCUT2D eigenvalue weighted by atomic mass is 16.3. The number of carbonyl (C=O) groups is 1. The summed E-state index contributed by atoms with van der Waals surface area (Å²) < 4.78 is 0. The molecule has 0 aromatic heterocycles. The predicted molar refractivity (Wildman–Crippen MR) is 81.6 cm³/mol. The second-order valence-corrected chi connectivity index (χ2v) is 9.65. The van der Waals surface area contributed by atoms with Crippen LogP contribution < -0.4 is 5.32 Å². The molecule has 4 unspecified atom stereocenters. The first kappa shape index (κ1) is 14.0. The molecule has 0 radical (unpaired) electrons. The Labute approximate surface area is 127 Å². The number of rotatable bonds is 2. The standard InChI is InChI=1S/C18H29NO2/c1-16(2)13(5-14(16)20)19-15(21)18-8-11-4-12(9-18)7-17(3,6-11)10-18/h11-14,20H,4-10H2,1-3H3,(H,19,21). The Morgan fingerprint density at radius 2 is 1.67 bits per heavy atom. The zero-order valence-electron chi connectivity index (χ0n) is 13.6. The van der Waals surface area contributed by atoms with Crippen LogP contribution in [0.4, 0.5) is 0 Å². The minimum absolute atomic E-state index is 0.0878. The smallest absolute Gasteiger partial charge is 0.226 e. The molecular formula is C18H29NO2. The van der Waals surface area contributed by atoms with E-state index in [9.17, 15) is 9.90 Å². The van der Waals surface area contributed by atoms with E-state index in [1.54, 1.807) is 0 Å². The summed E-state index contributed by atoms with van der Waals surface area (Å²) in [6.07, 6.45) is 7.81. The topological polar surface area (TPSA) is 49.3 Å². The highest BCUT2D eigenvalue weighted by Gasteiger charge is 2.60. The molecule has 3 nitrogen and oxygen atoms in total. The van der Waals surface area contributed by atoms with Crippen LogP contribution >= 0.6 is 0 Å². The lowest BCUT2D eigenvalue weighted by Crippen LogP contribution is -2.65. The minimum Gasteiger partial charge on any atom is -0.392 e. The summed E-state index contributed by atoms with van der Waals surface area (Å²) in [5, 5.41) is 13.2. The van der Waals surface area contributed by atoms with Crippen LogP contribution in [0.25, 0.3) is 0 Å². The lowest BCUT2D eigenvalue weighted by molar-refractivity contribution is -0.161. The van der Waals surface area contributed by atoms with Crippen LogP contribution in [-0.2, 0) is 4.79 Å². The highest BCUT2D eigenvalue weighted by molar-refractivity contribution is 5.83. The third-order valence-corrected chi connectivity index (χ3v) is 7.36. The first-order valence-corrected chi connectivity index (χ1v) is 8.72. The molecule has 21 heavy (non-hydrogen) atoms. The third kappa shape index (κ3) is 1.92. The zero-order valence-corrected chi connectivity index (χ0v) is 13.6. The Hall–Kier alpha value is -0.570. The molecule has 1 amide bonds. The number of aliphatic hydroxyl groups excluding tert-OH is 1. The van der Waals surface area contributed by atoms with Gasteiger partial charge in [0, 0.05) is 11.5 Å². The van der Waals surface area contributed by atoms with Gasteiger partial charge in [-0.3, -0.25) is 4.79 Å². The molecular weight excluding hydrogens is 262 g/mol. The molecule has 0 spiro atoms. The average molecular weight is 291 g/mol. The summed E-state index contributed by atoms with van der Waals surface area (Å²) in [6.45, 7) is 6.53. The Kier molecular flexibility index (Phi) is 2.70. The summed E-state index contributed by atoms with van der Waals surface area (Å²) in [4.78, 5) is 13.0. The molecule has 4 atom stereocenters. The maximum Gasteiger partial charge on any atom is 0.226 e. The second kappa shape index (κ2) is 4.04. The zero-order chi connectivity index (χ0) is 15.0. The van der Waals surface area contributed by atoms with Gasteiger partial charge in [0.05, 0.1) is 11.5 Å². The van der Waals surface area contributed by atoms with Gasteiger partial charge in [0.1, 0.15) is 0 Å². The van der Waals surface area contributed by atoms with E-state index in [0.717, 1.165) is 37.5 Å². The largest absolute Gasteiger partial charge is 0.392 e. The number of hydrogen-bond donors (Lipinski definition) is 2. The summed E-state index contributed by atoms with van der Waals surface area (Å²) in [5.41, 5.74) is 0.160. The quantitative estimate of drug-likeness (QED) is 0.822. The van der Waals surface area contributed by atoms with Gasteiger partial charge in [-0.1, -0.05) is 20.8 Å². The predicted octanol–water partition coefficient (Wildman–Crippen LogP) is 2.87. The van der Waals surface area contributed by atoms with Crippen LogP contribution in [-0.4, -0.2) is 23.2 Å². The Bertz CT molecular complexity index is 470. The summed E-state index contributed by atoms with van der Waals surface area (Å²) in [5.74, 6) is 1.86. The van der Waals surface area contributed by atoms with Gasteiger partial charge in [-0.15, -0.1) is 0 Å². The van der Waals surface area contributed by atoms with Gasteiger partial charge in [0.2, 0.25) is 5.91 Å². The summed E-state index contributed by atoms with van der Waals surface area (Å²) in [7, 11) is 0. The third-order valence-electron chi connectivity index (χ3n) is 7.36. The van der Waals surface area contributed by atoms with Gasteiger partial charge in [0.25, 0.3) is 0 Å². The number of nitrogens with one attached hydrogen (secondary N) is 1. The van der Waals surface area contributed by atoms with Gasteiger partial charge in [-0.05, 0) is 62.2 Å². The van der Waals surface area contributed by atoms with Gasteiger partial charge in [-0.2, -0.15) is 0 Å². The van der Waals surface area contributed by atoms with Crippen LogP contribution in [0.2, 0.25) is 0 Å². The monoisotopic (exact) mass is 291 g/mol. The Morgan fingerprint density at radius 3 is 2.14 bits per heavy atom. The van der Waals surface area contributed by atoms with Crippen LogP contribution in [0.5, 0.6) is 0 Å². The SMILES string of the molecule is CC12CC3CC(C1)CC(C(=O)NC1CC(O)C1(C)C)(C3)C2. The molecule has 118 valence electrons. The fourth-order valence-corrected chi connectivity index (χ4v) is 6.44. The summed E-state index contributed by atoms with van der Waals surface area (Å²) >= 11 is 0. The van der Waals surface area contributed by atoms with Crippen molar-refractivity contribution in [3.8, 4) is 0 Å². The molecule has 0 aromatic carbocycles. The fraction of sp³-hybridized carbons (Fsp3) is 0.944. The van der Waals surface area contributed by atoms with Gasteiger partial charge < -0.3 is 10.4 Å². The molecule has 5 rings (SSSR count). The van der Waals surface area contributed by atoms with Crippen LogP contribution in [0.1, 0.15) is 65.7 Å². The van der Waals surface area contributed by atoms with E-state index in [4.69, 9.17) is 0 Å². The molecule has 4 bridgehead atoms. The molecule has 3 heteroatoms. The van der Waals surface area contributed by atoms with Crippen LogP contribution in [0.15, 0.2) is 0 Å². The number of hydrogen-bond acceptors (Lipinski definition) is 2. The maximum absolute atomic E-state index is 13.0. The van der Waals surface area contributed by atoms with Crippen molar-refractivity contribution in [3.05, 3.63) is 0 Å². The molecule has 2 N–H and O–H groups in total. The maximum atomic E-state index is 13.0. The second-order valence-electron chi connectivity index (χ2n) is 9.65. The van der Waals surface area contributed by atoms with Gasteiger partial charge in [-0.25, -0.2) is 0 Å². The number of aliphatic hydroxyl groups is 1. The molecule has 0 saturated heterocycles. The Morgan fingerprint density at radius 1 is 1.05 bits per heavy atom. The van der Waals surface area contributed by atoms with Crippen molar-refractivity contribution in [3.63, 3.8) is 0 Å². The minimum atomic E-state index is -0.267. The summed E-state index contributed by atoms with van der Waals surface area (Å²) in [6, 6.07) is 0.154. The van der Waals surface area contributed by atoms with Crippen molar-refractivity contribution < 1.29 is 9.90 Å². The lowest BCUT2D eigenvalue weighted by atomic mass is 9.44. The van der Waals surface area contributed by atoms with Crippen molar-refractivity contribution in [2.75, 3.05) is 0 Å². The van der Waals surface area contributed by atoms with E-state index in [0.29, 0.717) is 11.3 Å². The van der Waals surface area contributed by atoms with E-state index in [2.05, 4.69) is 26.1 Å². The van der Waals surface area contributed by atoms with E-state index < -0.39 is 0 Å². The normalized spacial score (nSPS) is 53.3. The van der Waals surface area contributed by atoms with Crippen LogP contribution in [0, 0.1) is 28.1 Å². The molecule has 0 aromatic rings. The van der Waals surface area contributed by atoms with Crippen LogP contribution in [0.3, 0.4) is 0 Å². The van der Waals surface area contributed by atoms with Crippen molar-refractivity contribution >= 4 is 5.91 Å². The van der Waals surface area contributed by atoms with Crippen molar-refractivity contribution in [2.45, 2.75) is 77.9 Å². The van der Waals surface area contributed by atoms with Crippen molar-refractivity contribution in [2.24, 2.45) is 28.1 Å². The van der Waals surface area contributed by atoms with Crippen molar-refractivity contribution in [1.29, 1.82) is 0 Å². The molecule has 0 heterocycles. The first-order valence-electron chi connectivity index (χ1n) is 8.72. The molecule has 5 aliphatic carbocycles. The Balaban J connectivity index is 1.52. The van der Waals surface area contributed by atoms with E-state index in [-0.39, 0.29) is 23.0 Å². The first-order chi connectivity index (χ1) is 9.72. The number of carbonyl (C=O) groups excluding carboxylic acids is 1.